The molecule has 11 rings (SSSR count). The van der Waals surface area contributed by atoms with Crippen molar-refractivity contribution in [3.05, 3.63) is 200 Å². The molecule has 8 aromatic carbocycles. The van der Waals surface area contributed by atoms with E-state index in [0.717, 1.165) is 100 Å². The van der Waals surface area contributed by atoms with Crippen LogP contribution in [0.4, 0.5) is 17.1 Å². The van der Waals surface area contributed by atoms with Crippen LogP contribution in [-0.4, -0.2) is 9.97 Å². The Hall–Kier alpha value is -7.76. The molecule has 57 heavy (non-hydrogen) atoms. The number of fused-ring (bicyclic) bond motifs is 6. The van der Waals surface area contributed by atoms with Crippen LogP contribution in [-0.2, 0) is 0 Å². The van der Waals surface area contributed by atoms with Gasteiger partial charge in [-0.25, -0.2) is 9.97 Å². The minimum absolute atomic E-state index is 0.629. The lowest BCUT2D eigenvalue weighted by molar-refractivity contribution is 0.668. The Labute approximate surface area is 328 Å². The van der Waals surface area contributed by atoms with E-state index in [-0.39, 0.29) is 0 Å². The van der Waals surface area contributed by atoms with E-state index in [4.69, 9.17) is 18.8 Å². The van der Waals surface area contributed by atoms with E-state index in [2.05, 4.69) is 138 Å². The first kappa shape index (κ1) is 32.7. The second-order valence-electron chi connectivity index (χ2n) is 14.2. The van der Waals surface area contributed by atoms with Crippen molar-refractivity contribution in [2.24, 2.45) is 0 Å². The summed E-state index contributed by atoms with van der Waals surface area (Å²) in [6, 6.07) is 68.9. The predicted molar refractivity (Wildman–Crippen MR) is 233 cm³/mol. The molecule has 0 amide bonds. The first-order valence-corrected chi connectivity index (χ1v) is 19.1. The predicted octanol–water partition coefficient (Wildman–Crippen LogP) is 14.4. The lowest BCUT2D eigenvalue weighted by atomic mass is 9.96. The molecule has 0 saturated carbocycles. The van der Waals surface area contributed by atoms with Crippen LogP contribution in [0.25, 0.3) is 88.9 Å². The number of anilines is 3. The number of aromatic nitrogens is 2. The first-order valence-electron chi connectivity index (χ1n) is 19.1. The fourth-order valence-corrected chi connectivity index (χ4v) is 8.00. The van der Waals surface area contributed by atoms with Crippen LogP contribution in [0.5, 0.6) is 0 Å². The van der Waals surface area contributed by atoms with Gasteiger partial charge in [0.1, 0.15) is 16.7 Å². The molecule has 0 atom stereocenters. The Kier molecular flexibility index (Phi) is 7.74. The molecule has 3 heterocycles. The second-order valence-corrected chi connectivity index (χ2v) is 14.2. The summed E-state index contributed by atoms with van der Waals surface area (Å²) in [5.74, 6) is 0.629. The van der Waals surface area contributed by atoms with Crippen LogP contribution in [0.3, 0.4) is 0 Å². The number of hydrogen-bond acceptors (Lipinski definition) is 5. The maximum absolute atomic E-state index is 6.58. The Morgan fingerprint density at radius 3 is 1.61 bits per heavy atom. The molecule has 268 valence electrons. The van der Waals surface area contributed by atoms with Crippen molar-refractivity contribution in [3.8, 4) is 45.0 Å². The molecule has 0 bridgehead atoms. The summed E-state index contributed by atoms with van der Waals surface area (Å²) in [5, 5.41) is 4.30. The van der Waals surface area contributed by atoms with E-state index < -0.39 is 0 Å². The molecule has 0 aliphatic carbocycles. The van der Waals surface area contributed by atoms with Crippen LogP contribution in [0.15, 0.2) is 209 Å². The lowest BCUT2D eigenvalue weighted by Crippen LogP contribution is -2.10. The van der Waals surface area contributed by atoms with Gasteiger partial charge in [0.15, 0.2) is 11.4 Å². The van der Waals surface area contributed by atoms with E-state index in [1.165, 1.54) is 0 Å². The Morgan fingerprint density at radius 1 is 0.368 bits per heavy atom. The number of benzene rings is 8. The van der Waals surface area contributed by atoms with Crippen molar-refractivity contribution >= 4 is 60.9 Å². The van der Waals surface area contributed by atoms with Crippen LogP contribution in [0.2, 0.25) is 0 Å². The molecule has 11 aromatic rings. The SMILES string of the molecule is c1ccc(-c2cc(-c3ccccc3)nc(-c3cc(-c4ccc(N(c5ccccc5)c5cccc6c5oc5ccccc56)cc4)c4c(c3)oc3ccccc34)n2)cc1. The highest BCUT2D eigenvalue weighted by molar-refractivity contribution is 6.14. The van der Waals surface area contributed by atoms with Crippen molar-refractivity contribution < 1.29 is 8.83 Å². The Bertz CT molecular complexity index is 3170. The summed E-state index contributed by atoms with van der Waals surface area (Å²) in [6.07, 6.45) is 0. The maximum Gasteiger partial charge on any atom is 0.160 e. The summed E-state index contributed by atoms with van der Waals surface area (Å²) in [7, 11) is 0. The molecule has 5 heteroatoms. The molecule has 0 saturated heterocycles. The zero-order chi connectivity index (χ0) is 37.7. The third kappa shape index (κ3) is 5.72. The Balaban J connectivity index is 1.09. The van der Waals surface area contributed by atoms with Gasteiger partial charge in [-0.05, 0) is 71.8 Å². The van der Waals surface area contributed by atoms with E-state index >= 15 is 0 Å². The number of furan rings is 2. The third-order valence-electron chi connectivity index (χ3n) is 10.7. The quantitative estimate of drug-likeness (QED) is 0.163. The molecule has 0 aliphatic heterocycles. The van der Waals surface area contributed by atoms with E-state index in [1.807, 2.05) is 66.7 Å². The smallest absolute Gasteiger partial charge is 0.160 e. The molecular formula is C52H33N3O2. The van der Waals surface area contributed by atoms with Crippen LogP contribution in [0, 0.1) is 0 Å². The van der Waals surface area contributed by atoms with Crippen molar-refractivity contribution in [2.75, 3.05) is 4.90 Å². The van der Waals surface area contributed by atoms with Crippen LogP contribution in [0.1, 0.15) is 0 Å². The van der Waals surface area contributed by atoms with Gasteiger partial charge in [-0.2, -0.15) is 0 Å². The highest BCUT2D eigenvalue weighted by Crippen LogP contribution is 2.44. The fraction of sp³-hybridized carbons (Fsp3) is 0. The van der Waals surface area contributed by atoms with Gasteiger partial charge >= 0.3 is 0 Å². The van der Waals surface area contributed by atoms with Gasteiger partial charge in [0.25, 0.3) is 0 Å². The summed E-state index contributed by atoms with van der Waals surface area (Å²) in [4.78, 5) is 12.6. The topological polar surface area (TPSA) is 55.3 Å². The van der Waals surface area contributed by atoms with Crippen molar-refractivity contribution in [2.45, 2.75) is 0 Å². The van der Waals surface area contributed by atoms with E-state index in [9.17, 15) is 0 Å². The first-order chi connectivity index (χ1) is 28.2. The highest BCUT2D eigenvalue weighted by atomic mass is 16.3. The molecule has 0 unspecified atom stereocenters. The monoisotopic (exact) mass is 731 g/mol. The van der Waals surface area contributed by atoms with Gasteiger partial charge in [-0.15, -0.1) is 0 Å². The molecular weight excluding hydrogens is 699 g/mol. The molecule has 0 radical (unpaired) electrons. The minimum atomic E-state index is 0.629. The molecule has 0 fully saturated rings. The maximum atomic E-state index is 6.58. The highest BCUT2D eigenvalue weighted by Gasteiger charge is 2.21. The minimum Gasteiger partial charge on any atom is -0.456 e. The van der Waals surface area contributed by atoms with Gasteiger partial charge < -0.3 is 13.7 Å². The summed E-state index contributed by atoms with van der Waals surface area (Å²) < 4.78 is 13.1. The van der Waals surface area contributed by atoms with E-state index in [1.54, 1.807) is 0 Å². The molecule has 0 spiro atoms. The van der Waals surface area contributed by atoms with Crippen LogP contribution >= 0.6 is 0 Å². The largest absolute Gasteiger partial charge is 0.456 e. The number of para-hydroxylation sites is 4. The fourth-order valence-electron chi connectivity index (χ4n) is 8.00. The van der Waals surface area contributed by atoms with Gasteiger partial charge in [-0.1, -0.05) is 140 Å². The Morgan fingerprint density at radius 2 is 0.930 bits per heavy atom. The van der Waals surface area contributed by atoms with Crippen molar-refractivity contribution in [3.63, 3.8) is 0 Å². The van der Waals surface area contributed by atoms with Gasteiger partial charge in [0, 0.05) is 49.6 Å². The van der Waals surface area contributed by atoms with Gasteiger partial charge in [0.2, 0.25) is 0 Å². The van der Waals surface area contributed by atoms with Crippen molar-refractivity contribution in [1.82, 2.24) is 9.97 Å². The lowest BCUT2D eigenvalue weighted by Gasteiger charge is -2.25. The number of nitrogens with zero attached hydrogens (tertiary/aromatic N) is 3. The zero-order valence-electron chi connectivity index (χ0n) is 30.7. The molecule has 5 nitrogen and oxygen atoms in total. The molecule has 0 N–H and O–H groups in total. The average Bonchev–Trinajstić information content (AvgIpc) is 3.86. The molecule has 0 aliphatic rings. The summed E-state index contributed by atoms with van der Waals surface area (Å²) >= 11 is 0. The third-order valence-corrected chi connectivity index (χ3v) is 10.7. The van der Waals surface area contributed by atoms with Gasteiger partial charge in [-0.3, -0.25) is 0 Å². The zero-order valence-corrected chi connectivity index (χ0v) is 30.7. The average molecular weight is 732 g/mol. The van der Waals surface area contributed by atoms with Crippen molar-refractivity contribution in [1.29, 1.82) is 0 Å². The molecule has 3 aromatic heterocycles. The summed E-state index contributed by atoms with van der Waals surface area (Å²) in [5.41, 5.74) is 13.1. The second kappa shape index (κ2) is 13.5. The number of hydrogen-bond donors (Lipinski definition) is 0. The normalized spacial score (nSPS) is 11.5. The van der Waals surface area contributed by atoms with Gasteiger partial charge in [0.05, 0.1) is 17.1 Å². The van der Waals surface area contributed by atoms with E-state index in [0.29, 0.717) is 5.82 Å². The standard InChI is InChI=1S/C52H33N3O2/c1-4-15-35(16-5-1)44-33-45(36-17-6-2-7-18-36)54-52(53-44)37-31-43(50-42-22-11-13-26-48(42)56-49(50)32-37)34-27-29-39(30-28-34)55(38-19-8-3-9-20-38)46-24-14-23-41-40-21-10-12-25-47(40)57-51(41)46/h1-33H. The summed E-state index contributed by atoms with van der Waals surface area (Å²) in [6.45, 7) is 0. The number of rotatable bonds is 7. The van der Waals surface area contributed by atoms with Crippen LogP contribution < -0.4 is 4.90 Å².